The maximum absolute atomic E-state index is 11.3. The van der Waals surface area contributed by atoms with Crippen LogP contribution in [0.15, 0.2) is 0 Å². The summed E-state index contributed by atoms with van der Waals surface area (Å²) >= 11 is 0. The highest BCUT2D eigenvalue weighted by Crippen LogP contribution is 2.08. The van der Waals surface area contributed by atoms with Gasteiger partial charge in [0.1, 0.15) is 6.04 Å². The average molecular weight is 197 g/mol. The van der Waals surface area contributed by atoms with Gasteiger partial charge in [0.05, 0.1) is 6.10 Å². The van der Waals surface area contributed by atoms with E-state index < -0.39 is 12.0 Å². The minimum absolute atomic E-state index is 0.0914. The van der Waals surface area contributed by atoms with Crippen molar-refractivity contribution in [1.82, 2.24) is 0 Å². The van der Waals surface area contributed by atoms with Crippen LogP contribution in [-0.4, -0.2) is 18.1 Å². The molecule has 0 aliphatic heterocycles. The zero-order chi connectivity index (χ0) is 11.1. The lowest BCUT2D eigenvalue weighted by atomic mass is 10.1. The molecule has 2 unspecified atom stereocenters. The highest BCUT2D eigenvalue weighted by molar-refractivity contribution is 5.76. The van der Waals surface area contributed by atoms with Crippen LogP contribution in [0.2, 0.25) is 0 Å². The second kappa shape index (κ2) is 6.44. The van der Waals surface area contributed by atoms with Crippen molar-refractivity contribution in [2.24, 2.45) is 11.7 Å². The van der Waals surface area contributed by atoms with Crippen LogP contribution in [0.4, 0.5) is 0 Å². The molecule has 0 aromatic carbocycles. The fourth-order valence-corrected chi connectivity index (χ4v) is 1.21. The van der Waals surface area contributed by atoms with E-state index in [1.165, 1.54) is 0 Å². The molecule has 0 fully saturated rings. The molecule has 0 aromatic rings. The summed E-state index contributed by atoms with van der Waals surface area (Å²) in [5, 5.41) is 0. The van der Waals surface area contributed by atoms with Crippen LogP contribution in [0.25, 0.3) is 0 Å². The van der Waals surface area contributed by atoms with Gasteiger partial charge >= 0.3 is 5.97 Å². The van der Waals surface area contributed by atoms with E-state index in [0.717, 1.165) is 6.42 Å². The van der Waals surface area contributed by atoms with E-state index in [4.69, 9.17) is 16.9 Å². The van der Waals surface area contributed by atoms with Gasteiger partial charge in [-0.15, -0.1) is 12.3 Å². The number of carbonyl (C=O) groups is 1. The molecular formula is C11H19NO2. The molecule has 0 saturated carbocycles. The van der Waals surface area contributed by atoms with Gasteiger partial charge in [0.2, 0.25) is 0 Å². The Hall–Kier alpha value is -1.01. The largest absolute Gasteiger partial charge is 0.461 e. The van der Waals surface area contributed by atoms with E-state index in [2.05, 4.69) is 19.8 Å². The van der Waals surface area contributed by atoms with Gasteiger partial charge in [-0.2, -0.15) is 0 Å². The SMILES string of the molecule is C#CCC(N)C(=O)OC(C)CC(C)C. The molecule has 0 rings (SSSR count). The Morgan fingerprint density at radius 2 is 2.07 bits per heavy atom. The summed E-state index contributed by atoms with van der Waals surface area (Å²) in [4.78, 5) is 11.3. The van der Waals surface area contributed by atoms with Crippen LogP contribution in [-0.2, 0) is 9.53 Å². The Balaban J connectivity index is 3.88. The van der Waals surface area contributed by atoms with Crippen molar-refractivity contribution < 1.29 is 9.53 Å². The van der Waals surface area contributed by atoms with E-state index in [1.807, 2.05) is 6.92 Å². The minimum atomic E-state index is -0.686. The first-order valence-electron chi connectivity index (χ1n) is 4.86. The van der Waals surface area contributed by atoms with Gasteiger partial charge in [0.25, 0.3) is 0 Å². The number of terminal acetylenes is 1. The summed E-state index contributed by atoms with van der Waals surface area (Å²) in [6.45, 7) is 6.01. The van der Waals surface area contributed by atoms with Crippen molar-refractivity contribution in [3.8, 4) is 12.3 Å². The minimum Gasteiger partial charge on any atom is -0.461 e. The number of esters is 1. The van der Waals surface area contributed by atoms with Crippen LogP contribution in [0.3, 0.4) is 0 Å². The molecule has 80 valence electrons. The highest BCUT2D eigenvalue weighted by Gasteiger charge is 2.17. The van der Waals surface area contributed by atoms with Gasteiger partial charge in [-0.25, -0.2) is 0 Å². The molecule has 0 radical (unpaired) electrons. The highest BCUT2D eigenvalue weighted by atomic mass is 16.5. The summed E-state index contributed by atoms with van der Waals surface area (Å²) in [7, 11) is 0. The molecule has 2 atom stereocenters. The predicted octanol–water partition coefficient (Wildman–Crippen LogP) is 1.31. The zero-order valence-electron chi connectivity index (χ0n) is 9.12. The molecule has 2 N–H and O–H groups in total. The number of hydrogen-bond donors (Lipinski definition) is 1. The van der Waals surface area contributed by atoms with Crippen molar-refractivity contribution in [1.29, 1.82) is 0 Å². The molecule has 3 heteroatoms. The summed E-state index contributed by atoms with van der Waals surface area (Å²) in [5.41, 5.74) is 5.49. The number of nitrogens with two attached hydrogens (primary N) is 1. The standard InChI is InChI=1S/C11H19NO2/c1-5-6-10(12)11(13)14-9(4)7-8(2)3/h1,8-10H,6-7,12H2,2-4H3. The molecule has 0 heterocycles. The van der Waals surface area contributed by atoms with Crippen LogP contribution in [0, 0.1) is 18.3 Å². The van der Waals surface area contributed by atoms with Gasteiger partial charge in [0, 0.05) is 6.42 Å². The number of ether oxygens (including phenoxy) is 1. The lowest BCUT2D eigenvalue weighted by Crippen LogP contribution is -2.34. The van der Waals surface area contributed by atoms with Crippen molar-refractivity contribution in [3.63, 3.8) is 0 Å². The van der Waals surface area contributed by atoms with E-state index >= 15 is 0 Å². The zero-order valence-corrected chi connectivity index (χ0v) is 9.12. The normalized spacial score (nSPS) is 14.6. The Morgan fingerprint density at radius 1 is 1.50 bits per heavy atom. The van der Waals surface area contributed by atoms with Gasteiger partial charge in [-0.3, -0.25) is 4.79 Å². The maximum Gasteiger partial charge on any atom is 0.324 e. The van der Waals surface area contributed by atoms with E-state index in [0.29, 0.717) is 5.92 Å². The monoisotopic (exact) mass is 197 g/mol. The number of hydrogen-bond acceptors (Lipinski definition) is 3. The Morgan fingerprint density at radius 3 is 2.50 bits per heavy atom. The summed E-state index contributed by atoms with van der Waals surface area (Å²) in [6.07, 6.45) is 6.02. The number of carbonyl (C=O) groups excluding carboxylic acids is 1. The van der Waals surface area contributed by atoms with E-state index in [1.54, 1.807) is 0 Å². The fourth-order valence-electron chi connectivity index (χ4n) is 1.21. The lowest BCUT2D eigenvalue weighted by molar-refractivity contribution is -0.150. The van der Waals surface area contributed by atoms with Gasteiger partial charge in [0.15, 0.2) is 0 Å². The third-order valence-electron chi connectivity index (χ3n) is 1.76. The molecule has 0 saturated heterocycles. The second-order valence-electron chi connectivity index (χ2n) is 3.89. The fraction of sp³-hybridized carbons (Fsp3) is 0.727. The summed E-state index contributed by atoms with van der Waals surface area (Å²) in [6, 6.07) is -0.686. The third-order valence-corrected chi connectivity index (χ3v) is 1.76. The van der Waals surface area contributed by atoms with Crippen molar-refractivity contribution in [3.05, 3.63) is 0 Å². The molecule has 0 bridgehead atoms. The summed E-state index contributed by atoms with van der Waals surface area (Å²) in [5.74, 6) is 2.43. The topological polar surface area (TPSA) is 52.3 Å². The number of rotatable bonds is 5. The Labute approximate surface area is 86.0 Å². The van der Waals surface area contributed by atoms with Crippen molar-refractivity contribution in [2.75, 3.05) is 0 Å². The van der Waals surface area contributed by atoms with Crippen LogP contribution >= 0.6 is 0 Å². The first-order chi connectivity index (χ1) is 6.47. The lowest BCUT2D eigenvalue weighted by Gasteiger charge is -2.17. The maximum atomic E-state index is 11.3. The smallest absolute Gasteiger partial charge is 0.324 e. The Bertz CT molecular complexity index is 218. The molecular weight excluding hydrogens is 178 g/mol. The molecule has 0 aromatic heterocycles. The van der Waals surface area contributed by atoms with Gasteiger partial charge in [-0.05, 0) is 19.3 Å². The van der Waals surface area contributed by atoms with E-state index in [-0.39, 0.29) is 12.5 Å². The van der Waals surface area contributed by atoms with Crippen molar-refractivity contribution >= 4 is 5.97 Å². The Kier molecular flexibility index (Phi) is 5.98. The van der Waals surface area contributed by atoms with Crippen LogP contribution < -0.4 is 5.73 Å². The van der Waals surface area contributed by atoms with Gasteiger partial charge < -0.3 is 10.5 Å². The molecule has 3 nitrogen and oxygen atoms in total. The molecule has 0 spiro atoms. The second-order valence-corrected chi connectivity index (χ2v) is 3.89. The van der Waals surface area contributed by atoms with Crippen LogP contribution in [0.5, 0.6) is 0 Å². The van der Waals surface area contributed by atoms with Gasteiger partial charge in [-0.1, -0.05) is 13.8 Å². The van der Waals surface area contributed by atoms with Crippen LogP contribution in [0.1, 0.15) is 33.6 Å². The molecule has 0 aliphatic carbocycles. The first kappa shape index (κ1) is 13.0. The summed E-state index contributed by atoms with van der Waals surface area (Å²) < 4.78 is 5.12. The first-order valence-corrected chi connectivity index (χ1v) is 4.86. The van der Waals surface area contributed by atoms with E-state index in [9.17, 15) is 4.79 Å². The predicted molar refractivity (Wildman–Crippen MR) is 56.4 cm³/mol. The van der Waals surface area contributed by atoms with Crippen molar-refractivity contribution in [2.45, 2.75) is 45.8 Å². The third kappa shape index (κ3) is 5.60. The molecule has 0 amide bonds. The quantitative estimate of drug-likeness (QED) is 0.534. The molecule has 0 aliphatic rings. The average Bonchev–Trinajstić information content (AvgIpc) is 2.02. The molecule has 14 heavy (non-hydrogen) atoms.